The Morgan fingerprint density at radius 3 is 2.88 bits per heavy atom. The monoisotopic (exact) mass is 229 g/mol. The summed E-state index contributed by atoms with van der Waals surface area (Å²) in [6.45, 7) is 7.01. The molecule has 1 unspecified atom stereocenters. The first-order valence-corrected chi connectivity index (χ1v) is 6.06. The third-order valence-corrected chi connectivity index (χ3v) is 3.07. The van der Waals surface area contributed by atoms with Crippen LogP contribution in [0.15, 0.2) is 24.3 Å². The van der Waals surface area contributed by atoms with Crippen LogP contribution in [-0.2, 0) is 0 Å². The van der Waals surface area contributed by atoms with Gasteiger partial charge in [-0.3, -0.25) is 0 Å². The highest BCUT2D eigenvalue weighted by Gasteiger charge is 2.40. The summed E-state index contributed by atoms with van der Waals surface area (Å²) in [5.74, 6) is 6.98. The molecule has 17 heavy (non-hydrogen) atoms. The average molecular weight is 229 g/mol. The molecule has 1 aromatic carbocycles. The van der Waals surface area contributed by atoms with Crippen molar-refractivity contribution in [2.75, 3.05) is 6.54 Å². The topological polar surface area (TPSA) is 21.3 Å². The molecular formula is C15H19NO. The Bertz CT molecular complexity index is 453. The molecule has 0 radical (unpaired) electrons. The lowest BCUT2D eigenvalue weighted by molar-refractivity contribution is 0.0969. The summed E-state index contributed by atoms with van der Waals surface area (Å²) in [7, 11) is 0. The van der Waals surface area contributed by atoms with Gasteiger partial charge < -0.3 is 10.1 Å². The van der Waals surface area contributed by atoms with Crippen LogP contribution in [0.5, 0.6) is 5.75 Å². The van der Waals surface area contributed by atoms with Gasteiger partial charge in [0.25, 0.3) is 0 Å². The number of para-hydroxylation sites is 1. The second-order valence-corrected chi connectivity index (χ2v) is 4.81. The Labute approximate surface area is 103 Å². The summed E-state index contributed by atoms with van der Waals surface area (Å²) < 4.78 is 5.97. The number of hydrogen-bond donors (Lipinski definition) is 1. The standard InChI is InChI=1S/C15H19NO/c1-4-5-8-11-16-14-12-9-6-7-10-13(12)17-15(14,2)3/h6-7,9-10,14,16H,8,11H2,1-3H3. The molecule has 0 saturated carbocycles. The van der Waals surface area contributed by atoms with E-state index in [2.05, 4.69) is 43.1 Å². The average Bonchev–Trinajstić information content (AvgIpc) is 2.55. The van der Waals surface area contributed by atoms with Gasteiger partial charge in [0.05, 0.1) is 6.04 Å². The Balaban J connectivity index is 2.10. The molecule has 2 nitrogen and oxygen atoms in total. The molecule has 0 aliphatic carbocycles. The zero-order chi connectivity index (χ0) is 12.3. The maximum atomic E-state index is 5.97. The molecule has 1 aliphatic rings. The fourth-order valence-corrected chi connectivity index (χ4v) is 2.29. The molecule has 0 aromatic heterocycles. The number of fused-ring (bicyclic) bond motifs is 1. The van der Waals surface area contributed by atoms with Gasteiger partial charge in [-0.15, -0.1) is 11.8 Å². The minimum Gasteiger partial charge on any atom is -0.486 e. The molecule has 0 bridgehead atoms. The molecule has 0 spiro atoms. The fourth-order valence-electron chi connectivity index (χ4n) is 2.29. The Hall–Kier alpha value is -1.46. The first-order valence-electron chi connectivity index (χ1n) is 6.06. The van der Waals surface area contributed by atoms with Crippen molar-refractivity contribution in [1.82, 2.24) is 5.32 Å². The third-order valence-electron chi connectivity index (χ3n) is 3.07. The lowest BCUT2D eigenvalue weighted by Gasteiger charge is -2.27. The molecule has 0 fully saturated rings. The second kappa shape index (κ2) is 4.81. The van der Waals surface area contributed by atoms with Gasteiger partial charge in [-0.25, -0.2) is 0 Å². The largest absolute Gasteiger partial charge is 0.486 e. The van der Waals surface area contributed by atoms with Gasteiger partial charge in [0.2, 0.25) is 0 Å². The molecule has 1 aromatic rings. The van der Waals surface area contributed by atoms with Crippen molar-refractivity contribution in [1.29, 1.82) is 0 Å². The summed E-state index contributed by atoms with van der Waals surface area (Å²) in [5.41, 5.74) is 1.06. The van der Waals surface area contributed by atoms with Crippen molar-refractivity contribution in [2.24, 2.45) is 0 Å². The molecule has 2 rings (SSSR count). The van der Waals surface area contributed by atoms with E-state index in [0.717, 1.165) is 18.7 Å². The minimum atomic E-state index is -0.191. The lowest BCUT2D eigenvalue weighted by atomic mass is 9.94. The second-order valence-electron chi connectivity index (χ2n) is 4.81. The van der Waals surface area contributed by atoms with Crippen LogP contribution in [0.3, 0.4) is 0 Å². The SMILES string of the molecule is CC#CCCNC1c2ccccc2OC1(C)C. The van der Waals surface area contributed by atoms with E-state index in [1.165, 1.54) is 5.56 Å². The van der Waals surface area contributed by atoms with Crippen LogP contribution in [-0.4, -0.2) is 12.1 Å². The molecule has 1 heterocycles. The van der Waals surface area contributed by atoms with E-state index in [-0.39, 0.29) is 11.6 Å². The molecule has 1 aliphatic heterocycles. The molecule has 0 saturated heterocycles. The molecular weight excluding hydrogens is 210 g/mol. The minimum absolute atomic E-state index is 0.191. The van der Waals surface area contributed by atoms with Crippen molar-refractivity contribution >= 4 is 0 Å². The van der Waals surface area contributed by atoms with E-state index >= 15 is 0 Å². The van der Waals surface area contributed by atoms with Crippen molar-refractivity contribution in [3.05, 3.63) is 29.8 Å². The van der Waals surface area contributed by atoms with Gasteiger partial charge in [0, 0.05) is 18.5 Å². The molecule has 2 heteroatoms. The first kappa shape index (κ1) is 12.0. The van der Waals surface area contributed by atoms with Gasteiger partial charge >= 0.3 is 0 Å². The highest BCUT2D eigenvalue weighted by Crippen LogP contribution is 2.42. The zero-order valence-electron chi connectivity index (χ0n) is 10.7. The van der Waals surface area contributed by atoms with Gasteiger partial charge in [0.15, 0.2) is 0 Å². The fraction of sp³-hybridized carbons (Fsp3) is 0.467. The van der Waals surface area contributed by atoms with Crippen molar-refractivity contribution in [3.8, 4) is 17.6 Å². The molecule has 0 amide bonds. The van der Waals surface area contributed by atoms with Crippen molar-refractivity contribution in [2.45, 2.75) is 38.8 Å². The molecule has 1 atom stereocenters. The molecule has 1 N–H and O–H groups in total. The number of rotatable bonds is 3. The smallest absolute Gasteiger partial charge is 0.125 e. The van der Waals surface area contributed by atoms with Crippen LogP contribution < -0.4 is 10.1 Å². The summed E-state index contributed by atoms with van der Waals surface area (Å²) in [5, 5.41) is 3.54. The number of ether oxygens (including phenoxy) is 1. The van der Waals surface area contributed by atoms with Gasteiger partial charge in [-0.2, -0.15) is 0 Å². The van der Waals surface area contributed by atoms with E-state index in [1.807, 2.05) is 19.1 Å². The maximum Gasteiger partial charge on any atom is 0.125 e. The van der Waals surface area contributed by atoms with Crippen LogP contribution in [0.4, 0.5) is 0 Å². The summed E-state index contributed by atoms with van der Waals surface area (Å²) in [6, 6.07) is 8.49. The summed E-state index contributed by atoms with van der Waals surface area (Å²) >= 11 is 0. The third kappa shape index (κ3) is 2.45. The Morgan fingerprint density at radius 1 is 1.35 bits per heavy atom. The predicted molar refractivity (Wildman–Crippen MR) is 70.0 cm³/mol. The van der Waals surface area contributed by atoms with E-state index in [9.17, 15) is 0 Å². The highest BCUT2D eigenvalue weighted by atomic mass is 16.5. The van der Waals surface area contributed by atoms with Crippen LogP contribution in [0, 0.1) is 11.8 Å². The summed E-state index contributed by atoms with van der Waals surface area (Å²) in [6.07, 6.45) is 0.880. The quantitative estimate of drug-likeness (QED) is 0.635. The highest BCUT2D eigenvalue weighted by molar-refractivity contribution is 5.42. The van der Waals surface area contributed by atoms with E-state index in [0.29, 0.717) is 0 Å². The Kier molecular flexibility index (Phi) is 3.40. The predicted octanol–water partition coefficient (Wildman–Crippen LogP) is 2.90. The lowest BCUT2D eigenvalue weighted by Crippen LogP contribution is -2.39. The van der Waals surface area contributed by atoms with Crippen LogP contribution >= 0.6 is 0 Å². The zero-order valence-corrected chi connectivity index (χ0v) is 10.7. The van der Waals surface area contributed by atoms with Crippen molar-refractivity contribution in [3.63, 3.8) is 0 Å². The Morgan fingerprint density at radius 2 is 2.12 bits per heavy atom. The maximum absolute atomic E-state index is 5.97. The number of nitrogens with one attached hydrogen (secondary N) is 1. The van der Waals surface area contributed by atoms with Crippen LogP contribution in [0.2, 0.25) is 0 Å². The van der Waals surface area contributed by atoms with Crippen LogP contribution in [0.25, 0.3) is 0 Å². The first-order chi connectivity index (χ1) is 8.15. The van der Waals surface area contributed by atoms with E-state index in [1.54, 1.807) is 0 Å². The van der Waals surface area contributed by atoms with E-state index < -0.39 is 0 Å². The van der Waals surface area contributed by atoms with Gasteiger partial charge in [-0.1, -0.05) is 18.2 Å². The number of benzene rings is 1. The summed E-state index contributed by atoms with van der Waals surface area (Å²) in [4.78, 5) is 0. The van der Waals surface area contributed by atoms with E-state index in [4.69, 9.17) is 4.74 Å². The normalized spacial score (nSPS) is 20.1. The van der Waals surface area contributed by atoms with Crippen LogP contribution in [0.1, 0.15) is 38.8 Å². The number of hydrogen-bond acceptors (Lipinski definition) is 2. The van der Waals surface area contributed by atoms with Gasteiger partial charge in [0.1, 0.15) is 11.4 Å². The van der Waals surface area contributed by atoms with Gasteiger partial charge in [-0.05, 0) is 26.8 Å². The van der Waals surface area contributed by atoms with Crippen molar-refractivity contribution < 1.29 is 4.74 Å². The molecule has 90 valence electrons.